The molecule has 1 atom stereocenters. The molecule has 0 aliphatic heterocycles. The molecule has 4 nitrogen and oxygen atoms in total. The number of nitrogens with one attached hydrogen (secondary N) is 1. The van der Waals surface area contributed by atoms with Gasteiger partial charge >= 0.3 is 0 Å². The predicted molar refractivity (Wildman–Crippen MR) is 87.0 cm³/mol. The summed E-state index contributed by atoms with van der Waals surface area (Å²) in [4.78, 5) is 13.8. The summed E-state index contributed by atoms with van der Waals surface area (Å²) < 4.78 is 14.0. The highest BCUT2D eigenvalue weighted by molar-refractivity contribution is 5.81. The third-order valence-electron chi connectivity index (χ3n) is 3.43. The van der Waals surface area contributed by atoms with Crippen molar-refractivity contribution >= 4 is 5.91 Å². The molecule has 2 aromatic carbocycles. The average Bonchev–Trinajstić information content (AvgIpc) is 2.54. The molecule has 0 fully saturated rings. The van der Waals surface area contributed by atoms with Gasteiger partial charge in [0.15, 0.2) is 6.10 Å². The normalized spacial score (nSPS) is 12.2. The molecule has 0 spiro atoms. The minimum absolute atomic E-state index is 0.169. The SMILES string of the molecule is CN(C)Cc1ccc(CNC(=O)C(O)c2ccccc2)cc1F. The van der Waals surface area contributed by atoms with Gasteiger partial charge in [0, 0.05) is 18.7 Å². The van der Waals surface area contributed by atoms with Crippen LogP contribution in [-0.4, -0.2) is 30.0 Å². The van der Waals surface area contributed by atoms with Crippen LogP contribution in [0.25, 0.3) is 0 Å². The third-order valence-corrected chi connectivity index (χ3v) is 3.43. The summed E-state index contributed by atoms with van der Waals surface area (Å²) >= 11 is 0. The Bertz CT molecular complexity index is 659. The van der Waals surface area contributed by atoms with Crippen molar-refractivity contribution in [1.82, 2.24) is 10.2 Å². The monoisotopic (exact) mass is 316 g/mol. The topological polar surface area (TPSA) is 52.6 Å². The van der Waals surface area contributed by atoms with Crippen LogP contribution < -0.4 is 5.32 Å². The van der Waals surface area contributed by atoms with Gasteiger partial charge < -0.3 is 15.3 Å². The molecule has 2 rings (SSSR count). The van der Waals surface area contributed by atoms with Gasteiger partial charge in [-0.15, -0.1) is 0 Å². The molecule has 0 saturated heterocycles. The Hall–Kier alpha value is -2.24. The Morgan fingerprint density at radius 3 is 2.52 bits per heavy atom. The van der Waals surface area contributed by atoms with E-state index in [1.807, 2.05) is 25.1 Å². The van der Waals surface area contributed by atoms with Crippen molar-refractivity contribution in [3.8, 4) is 0 Å². The molecule has 0 aromatic heterocycles. The van der Waals surface area contributed by atoms with E-state index in [2.05, 4.69) is 5.32 Å². The largest absolute Gasteiger partial charge is 0.378 e. The van der Waals surface area contributed by atoms with E-state index in [4.69, 9.17) is 0 Å². The molecule has 2 aromatic rings. The summed E-state index contributed by atoms with van der Waals surface area (Å²) in [5, 5.41) is 12.6. The smallest absolute Gasteiger partial charge is 0.253 e. The highest BCUT2D eigenvalue weighted by Gasteiger charge is 2.16. The number of aliphatic hydroxyl groups is 1. The van der Waals surface area contributed by atoms with Crippen molar-refractivity contribution in [2.45, 2.75) is 19.2 Å². The summed E-state index contributed by atoms with van der Waals surface area (Å²) in [6.07, 6.45) is -1.23. The standard InChI is InChI=1S/C18H21FN2O2/c1-21(2)12-15-9-8-13(10-16(15)19)11-20-18(23)17(22)14-6-4-3-5-7-14/h3-10,17,22H,11-12H2,1-2H3,(H,20,23). The zero-order valence-corrected chi connectivity index (χ0v) is 13.3. The number of nitrogens with zero attached hydrogens (tertiary/aromatic N) is 1. The van der Waals surface area contributed by atoms with Crippen LogP contribution in [0.15, 0.2) is 48.5 Å². The molecule has 122 valence electrons. The lowest BCUT2D eigenvalue weighted by atomic mass is 10.1. The van der Waals surface area contributed by atoms with Gasteiger partial charge in [-0.1, -0.05) is 42.5 Å². The summed E-state index contributed by atoms with van der Waals surface area (Å²) in [6.45, 7) is 0.688. The maximum absolute atomic E-state index is 14.0. The zero-order chi connectivity index (χ0) is 16.8. The Morgan fingerprint density at radius 2 is 1.91 bits per heavy atom. The van der Waals surface area contributed by atoms with Gasteiger partial charge in [0.05, 0.1) is 0 Å². The first kappa shape index (κ1) is 17.1. The number of hydrogen-bond acceptors (Lipinski definition) is 3. The van der Waals surface area contributed by atoms with Crippen LogP contribution in [0.2, 0.25) is 0 Å². The van der Waals surface area contributed by atoms with E-state index in [9.17, 15) is 14.3 Å². The number of carbonyl (C=O) groups excluding carboxylic acids is 1. The fourth-order valence-electron chi connectivity index (χ4n) is 2.24. The molecule has 1 amide bonds. The Labute approximate surface area is 135 Å². The van der Waals surface area contributed by atoms with Crippen LogP contribution in [0, 0.1) is 5.82 Å². The minimum atomic E-state index is -1.23. The summed E-state index contributed by atoms with van der Waals surface area (Å²) in [5.41, 5.74) is 1.78. The molecule has 0 aliphatic rings. The number of rotatable bonds is 6. The van der Waals surface area contributed by atoms with E-state index in [1.54, 1.807) is 36.4 Å². The summed E-state index contributed by atoms with van der Waals surface area (Å²) in [5.74, 6) is -0.803. The van der Waals surface area contributed by atoms with Crippen molar-refractivity contribution in [2.24, 2.45) is 0 Å². The highest BCUT2D eigenvalue weighted by atomic mass is 19.1. The van der Waals surface area contributed by atoms with Gasteiger partial charge in [-0.3, -0.25) is 4.79 Å². The van der Waals surface area contributed by atoms with E-state index in [1.165, 1.54) is 6.07 Å². The molecule has 23 heavy (non-hydrogen) atoms. The van der Waals surface area contributed by atoms with Crippen LogP contribution in [0.5, 0.6) is 0 Å². The van der Waals surface area contributed by atoms with E-state index < -0.39 is 12.0 Å². The molecule has 0 bridgehead atoms. The first-order chi connectivity index (χ1) is 11.0. The van der Waals surface area contributed by atoms with Gasteiger partial charge in [0.1, 0.15) is 5.82 Å². The second-order valence-corrected chi connectivity index (χ2v) is 5.69. The molecule has 0 saturated carbocycles. The van der Waals surface area contributed by atoms with E-state index >= 15 is 0 Å². The van der Waals surface area contributed by atoms with Crippen LogP contribution in [0.1, 0.15) is 22.8 Å². The Balaban J connectivity index is 1.95. The number of benzene rings is 2. The van der Waals surface area contributed by atoms with Gasteiger partial charge in [0.25, 0.3) is 5.91 Å². The lowest BCUT2D eigenvalue weighted by molar-refractivity contribution is -0.129. The van der Waals surface area contributed by atoms with Crippen molar-refractivity contribution < 1.29 is 14.3 Å². The van der Waals surface area contributed by atoms with Gasteiger partial charge in [-0.05, 0) is 31.3 Å². The van der Waals surface area contributed by atoms with Crippen molar-refractivity contribution in [3.63, 3.8) is 0 Å². The Morgan fingerprint density at radius 1 is 1.22 bits per heavy atom. The highest BCUT2D eigenvalue weighted by Crippen LogP contribution is 2.14. The Kier molecular flexibility index (Phi) is 5.84. The predicted octanol–water partition coefficient (Wildman–Crippen LogP) is 2.24. The van der Waals surface area contributed by atoms with Crippen molar-refractivity contribution in [1.29, 1.82) is 0 Å². The van der Waals surface area contributed by atoms with Crippen LogP contribution in [0.4, 0.5) is 4.39 Å². The van der Waals surface area contributed by atoms with Crippen LogP contribution in [-0.2, 0) is 17.9 Å². The quantitative estimate of drug-likeness (QED) is 0.859. The second-order valence-electron chi connectivity index (χ2n) is 5.69. The fraction of sp³-hybridized carbons (Fsp3) is 0.278. The van der Waals surface area contributed by atoms with E-state index in [0.717, 1.165) is 0 Å². The van der Waals surface area contributed by atoms with Crippen LogP contribution >= 0.6 is 0 Å². The molecular weight excluding hydrogens is 295 g/mol. The maximum Gasteiger partial charge on any atom is 0.253 e. The lowest BCUT2D eigenvalue weighted by Crippen LogP contribution is -2.28. The molecule has 5 heteroatoms. The molecule has 0 radical (unpaired) electrons. The van der Waals surface area contributed by atoms with E-state index in [0.29, 0.717) is 23.2 Å². The fourth-order valence-corrected chi connectivity index (χ4v) is 2.24. The molecule has 0 heterocycles. The number of carbonyl (C=O) groups is 1. The average molecular weight is 316 g/mol. The van der Waals surface area contributed by atoms with Gasteiger partial charge in [-0.2, -0.15) is 0 Å². The van der Waals surface area contributed by atoms with Crippen molar-refractivity contribution in [2.75, 3.05) is 14.1 Å². The zero-order valence-electron chi connectivity index (χ0n) is 13.3. The molecule has 0 aliphatic carbocycles. The van der Waals surface area contributed by atoms with E-state index in [-0.39, 0.29) is 12.4 Å². The maximum atomic E-state index is 14.0. The third kappa shape index (κ3) is 4.87. The first-order valence-electron chi connectivity index (χ1n) is 7.40. The lowest BCUT2D eigenvalue weighted by Gasteiger charge is -2.13. The summed E-state index contributed by atoms with van der Waals surface area (Å²) in [6, 6.07) is 13.6. The van der Waals surface area contributed by atoms with Crippen LogP contribution in [0.3, 0.4) is 0 Å². The molecule has 2 N–H and O–H groups in total. The molecular formula is C18H21FN2O2. The van der Waals surface area contributed by atoms with Gasteiger partial charge in [-0.25, -0.2) is 4.39 Å². The van der Waals surface area contributed by atoms with Crippen molar-refractivity contribution in [3.05, 3.63) is 71.0 Å². The first-order valence-corrected chi connectivity index (χ1v) is 7.40. The second kappa shape index (κ2) is 7.85. The minimum Gasteiger partial charge on any atom is -0.378 e. The number of aliphatic hydroxyl groups excluding tert-OH is 1. The summed E-state index contributed by atoms with van der Waals surface area (Å²) in [7, 11) is 3.75. The number of amides is 1. The molecule has 1 unspecified atom stereocenters. The number of halogens is 1. The van der Waals surface area contributed by atoms with Gasteiger partial charge in [0.2, 0.25) is 0 Å². The number of hydrogen-bond donors (Lipinski definition) is 2.